The summed E-state index contributed by atoms with van der Waals surface area (Å²) in [6.45, 7) is 3.43. The third-order valence-electron chi connectivity index (χ3n) is 2.68. The Labute approximate surface area is 119 Å². The summed E-state index contributed by atoms with van der Waals surface area (Å²) >= 11 is 5.92. The fourth-order valence-corrected chi connectivity index (χ4v) is 1.81. The zero-order chi connectivity index (χ0) is 14.9. The highest BCUT2D eigenvalue weighted by Crippen LogP contribution is 2.34. The third kappa shape index (κ3) is 2.62. The van der Waals surface area contributed by atoms with Crippen LogP contribution in [0.3, 0.4) is 0 Å². The first-order valence-electron chi connectivity index (χ1n) is 5.59. The number of benzene rings is 1. The number of nitrogen functional groups attached to an aromatic ring is 1. The van der Waals surface area contributed by atoms with Crippen molar-refractivity contribution < 1.29 is 9.66 Å². The molecule has 0 atom stereocenters. The highest BCUT2D eigenvalue weighted by Gasteiger charge is 2.17. The maximum Gasteiger partial charge on any atom is 0.276 e. The zero-order valence-electron chi connectivity index (χ0n) is 10.8. The Bertz CT molecular complexity index is 691. The Balaban J connectivity index is 2.46. The molecule has 1 aromatic carbocycles. The molecule has 0 unspecified atom stereocenters. The molecule has 0 amide bonds. The molecule has 1 heterocycles. The SMILES string of the molecule is Cc1cc(C)c([N+](=O)[O-])cc1Oc1ncnc(N)c1Cl. The van der Waals surface area contributed by atoms with Crippen molar-refractivity contribution in [1.29, 1.82) is 0 Å². The van der Waals surface area contributed by atoms with Crippen molar-refractivity contribution in [2.45, 2.75) is 13.8 Å². The average Bonchev–Trinajstić information content (AvgIpc) is 2.37. The summed E-state index contributed by atoms with van der Waals surface area (Å²) in [7, 11) is 0. The molecule has 0 bridgehead atoms. The number of anilines is 1. The number of ether oxygens (including phenoxy) is 1. The van der Waals surface area contributed by atoms with Gasteiger partial charge in [-0.1, -0.05) is 11.6 Å². The van der Waals surface area contributed by atoms with E-state index in [0.717, 1.165) is 5.56 Å². The van der Waals surface area contributed by atoms with E-state index in [1.165, 1.54) is 12.4 Å². The minimum Gasteiger partial charge on any atom is -0.437 e. The number of nitrogens with two attached hydrogens (primary N) is 1. The van der Waals surface area contributed by atoms with Crippen molar-refractivity contribution >= 4 is 23.1 Å². The van der Waals surface area contributed by atoms with Gasteiger partial charge in [0.25, 0.3) is 5.69 Å². The summed E-state index contributed by atoms with van der Waals surface area (Å²) < 4.78 is 5.50. The molecule has 2 N–H and O–H groups in total. The summed E-state index contributed by atoms with van der Waals surface area (Å²) in [5.74, 6) is 0.429. The van der Waals surface area contributed by atoms with E-state index in [-0.39, 0.29) is 22.4 Å². The molecule has 0 saturated heterocycles. The number of nitrogens with zero attached hydrogens (tertiary/aromatic N) is 3. The Morgan fingerprint density at radius 1 is 1.30 bits per heavy atom. The van der Waals surface area contributed by atoms with Crippen LogP contribution in [0.15, 0.2) is 18.5 Å². The Hall–Kier alpha value is -2.41. The molecule has 0 radical (unpaired) electrons. The number of hydrogen-bond donors (Lipinski definition) is 1. The van der Waals surface area contributed by atoms with E-state index in [1.807, 2.05) is 0 Å². The number of aromatic nitrogens is 2. The van der Waals surface area contributed by atoms with Crippen molar-refractivity contribution in [2.75, 3.05) is 5.73 Å². The van der Waals surface area contributed by atoms with Crippen LogP contribution in [0.4, 0.5) is 11.5 Å². The number of nitro benzene ring substituents is 1. The molecule has 1 aromatic heterocycles. The minimum atomic E-state index is -0.475. The second-order valence-electron chi connectivity index (χ2n) is 4.14. The lowest BCUT2D eigenvalue weighted by Crippen LogP contribution is -1.99. The van der Waals surface area contributed by atoms with Crippen LogP contribution in [0.25, 0.3) is 0 Å². The topological polar surface area (TPSA) is 104 Å². The minimum absolute atomic E-state index is 0.0382. The van der Waals surface area contributed by atoms with Crippen LogP contribution in [0, 0.1) is 24.0 Å². The van der Waals surface area contributed by atoms with E-state index in [0.29, 0.717) is 11.3 Å². The van der Waals surface area contributed by atoms with Crippen molar-refractivity contribution in [2.24, 2.45) is 0 Å². The molecule has 20 heavy (non-hydrogen) atoms. The molecule has 0 aliphatic heterocycles. The van der Waals surface area contributed by atoms with Crippen LogP contribution in [0.1, 0.15) is 11.1 Å². The van der Waals surface area contributed by atoms with Gasteiger partial charge in [-0.3, -0.25) is 10.1 Å². The Kier molecular flexibility index (Phi) is 3.71. The first-order valence-corrected chi connectivity index (χ1v) is 5.97. The highest BCUT2D eigenvalue weighted by molar-refractivity contribution is 6.34. The van der Waals surface area contributed by atoms with Crippen molar-refractivity contribution in [3.63, 3.8) is 0 Å². The number of rotatable bonds is 3. The van der Waals surface area contributed by atoms with Crippen molar-refractivity contribution in [3.05, 3.63) is 44.7 Å². The first kappa shape index (κ1) is 14.0. The maximum atomic E-state index is 10.9. The van der Waals surface area contributed by atoms with E-state index < -0.39 is 4.92 Å². The predicted octanol–water partition coefficient (Wildman–Crippen LogP) is 3.03. The highest BCUT2D eigenvalue weighted by atomic mass is 35.5. The predicted molar refractivity (Wildman–Crippen MR) is 74.1 cm³/mol. The van der Waals surface area contributed by atoms with E-state index in [1.54, 1.807) is 19.9 Å². The van der Waals surface area contributed by atoms with E-state index in [4.69, 9.17) is 22.1 Å². The maximum absolute atomic E-state index is 10.9. The first-order chi connectivity index (χ1) is 9.40. The second kappa shape index (κ2) is 5.30. The van der Waals surface area contributed by atoms with Gasteiger partial charge in [-0.15, -0.1) is 0 Å². The quantitative estimate of drug-likeness (QED) is 0.689. The molecular formula is C12H11ClN4O3. The standard InChI is InChI=1S/C12H11ClN4O3/c1-6-3-7(2)9(4-8(6)17(18)19)20-12-10(13)11(14)15-5-16-12/h3-5H,1-2H3,(H2,14,15,16). The van der Waals surface area contributed by atoms with Gasteiger partial charge in [0.05, 0.1) is 11.0 Å². The lowest BCUT2D eigenvalue weighted by Gasteiger charge is -2.10. The fourth-order valence-electron chi connectivity index (χ4n) is 1.67. The van der Waals surface area contributed by atoms with Gasteiger partial charge in [-0.25, -0.2) is 4.98 Å². The molecule has 104 valence electrons. The Morgan fingerprint density at radius 2 is 2.00 bits per heavy atom. The van der Waals surface area contributed by atoms with E-state index in [9.17, 15) is 10.1 Å². The molecular weight excluding hydrogens is 284 g/mol. The smallest absolute Gasteiger partial charge is 0.276 e. The zero-order valence-corrected chi connectivity index (χ0v) is 11.5. The largest absolute Gasteiger partial charge is 0.437 e. The van der Waals surface area contributed by atoms with Gasteiger partial charge < -0.3 is 10.5 Å². The molecule has 0 saturated carbocycles. The molecule has 8 heteroatoms. The van der Waals surface area contributed by atoms with Gasteiger partial charge in [-0.05, 0) is 25.5 Å². The molecule has 0 spiro atoms. The fraction of sp³-hybridized carbons (Fsp3) is 0.167. The van der Waals surface area contributed by atoms with Crippen LogP contribution >= 0.6 is 11.6 Å². The van der Waals surface area contributed by atoms with Gasteiger partial charge in [0.15, 0.2) is 0 Å². The number of halogens is 1. The Morgan fingerprint density at radius 3 is 2.65 bits per heavy atom. The molecule has 0 aliphatic carbocycles. The second-order valence-corrected chi connectivity index (χ2v) is 4.52. The van der Waals surface area contributed by atoms with Crippen LogP contribution in [0.5, 0.6) is 11.6 Å². The average molecular weight is 295 g/mol. The molecule has 2 aromatic rings. The van der Waals surface area contributed by atoms with Crippen molar-refractivity contribution in [3.8, 4) is 11.6 Å². The van der Waals surface area contributed by atoms with Gasteiger partial charge in [0.2, 0.25) is 5.88 Å². The van der Waals surface area contributed by atoms with Crippen LogP contribution in [0.2, 0.25) is 5.02 Å². The number of aryl methyl sites for hydroxylation is 2. The van der Waals surface area contributed by atoms with E-state index >= 15 is 0 Å². The lowest BCUT2D eigenvalue weighted by molar-refractivity contribution is -0.385. The van der Waals surface area contributed by atoms with Crippen LogP contribution in [-0.2, 0) is 0 Å². The summed E-state index contributed by atoms with van der Waals surface area (Å²) in [4.78, 5) is 18.0. The molecule has 0 fully saturated rings. The summed E-state index contributed by atoms with van der Waals surface area (Å²) in [5.41, 5.74) is 6.78. The number of nitro groups is 1. The normalized spacial score (nSPS) is 10.3. The van der Waals surface area contributed by atoms with E-state index in [2.05, 4.69) is 9.97 Å². The van der Waals surface area contributed by atoms with Crippen LogP contribution < -0.4 is 10.5 Å². The molecule has 7 nitrogen and oxygen atoms in total. The van der Waals surface area contributed by atoms with Gasteiger partial charge in [-0.2, -0.15) is 4.98 Å². The summed E-state index contributed by atoms with van der Waals surface area (Å²) in [6, 6.07) is 2.99. The molecule has 0 aliphatic rings. The van der Waals surface area contributed by atoms with Gasteiger partial charge in [0, 0.05) is 5.56 Å². The number of hydrogen-bond acceptors (Lipinski definition) is 6. The van der Waals surface area contributed by atoms with Crippen LogP contribution in [-0.4, -0.2) is 14.9 Å². The lowest BCUT2D eigenvalue weighted by atomic mass is 10.1. The van der Waals surface area contributed by atoms with Gasteiger partial charge >= 0.3 is 0 Å². The summed E-state index contributed by atoms with van der Waals surface area (Å²) in [6.07, 6.45) is 1.20. The van der Waals surface area contributed by atoms with Crippen molar-refractivity contribution in [1.82, 2.24) is 9.97 Å². The van der Waals surface area contributed by atoms with Gasteiger partial charge in [0.1, 0.15) is 22.9 Å². The monoisotopic (exact) mass is 294 g/mol. The third-order valence-corrected chi connectivity index (χ3v) is 3.04. The summed E-state index contributed by atoms with van der Waals surface area (Å²) in [5, 5.41) is 11.0. The molecule has 2 rings (SSSR count).